The maximum Gasteiger partial charge on any atom is 0.335 e. The number of aromatic carboxylic acids is 1. The highest BCUT2D eigenvalue weighted by Crippen LogP contribution is 2.28. The second-order valence-electron chi connectivity index (χ2n) is 7.34. The van der Waals surface area contributed by atoms with Crippen molar-refractivity contribution in [1.29, 1.82) is 0 Å². The van der Waals surface area contributed by atoms with E-state index in [1.807, 2.05) is 43.4 Å². The summed E-state index contributed by atoms with van der Waals surface area (Å²) < 4.78 is 0. The van der Waals surface area contributed by atoms with Crippen LogP contribution in [0, 0.1) is 0 Å². The lowest BCUT2D eigenvalue weighted by Crippen LogP contribution is -2.05. The summed E-state index contributed by atoms with van der Waals surface area (Å²) in [6.07, 6.45) is 5.61. The Balaban J connectivity index is 1.67. The van der Waals surface area contributed by atoms with Crippen LogP contribution in [0.2, 0.25) is 0 Å². The standard InChI is InChI=1S/C27H23N3O2/c1-3-5-25-29-24-16-22(20-10-6-18(4-2)7-11-20)14-15-23(24)26(30-25)28-17-19-8-12-21(13-9-19)27(31)32/h3-16H,2,17H2,1H3,(H,31,32)(H,28,29,30)/b5-3+. The van der Waals surface area contributed by atoms with Gasteiger partial charge in [-0.25, -0.2) is 14.8 Å². The number of carbonyl (C=O) groups is 1. The van der Waals surface area contributed by atoms with Gasteiger partial charge in [0.1, 0.15) is 5.82 Å². The topological polar surface area (TPSA) is 75.1 Å². The molecule has 4 rings (SSSR count). The molecular formula is C27H23N3O2. The molecule has 5 nitrogen and oxygen atoms in total. The van der Waals surface area contributed by atoms with Gasteiger partial charge in [-0.15, -0.1) is 0 Å². The molecule has 0 aliphatic heterocycles. The van der Waals surface area contributed by atoms with Crippen molar-refractivity contribution in [2.45, 2.75) is 13.5 Å². The van der Waals surface area contributed by atoms with Crippen LogP contribution in [-0.4, -0.2) is 21.0 Å². The van der Waals surface area contributed by atoms with E-state index in [4.69, 9.17) is 10.1 Å². The zero-order valence-electron chi connectivity index (χ0n) is 17.7. The molecule has 0 fully saturated rings. The van der Waals surface area contributed by atoms with Crippen molar-refractivity contribution < 1.29 is 9.90 Å². The fourth-order valence-electron chi connectivity index (χ4n) is 3.45. The SMILES string of the molecule is C=Cc1ccc(-c2ccc3c(NCc4ccc(C(=O)O)cc4)nc(/C=C/C)nc3c2)cc1. The minimum Gasteiger partial charge on any atom is -0.478 e. The van der Waals surface area contributed by atoms with Crippen LogP contribution in [-0.2, 0) is 6.54 Å². The third-order valence-corrected chi connectivity index (χ3v) is 5.17. The Morgan fingerprint density at radius 2 is 1.72 bits per heavy atom. The number of carboxylic acids is 1. The second-order valence-corrected chi connectivity index (χ2v) is 7.34. The lowest BCUT2D eigenvalue weighted by Gasteiger charge is -2.12. The Bertz CT molecular complexity index is 1310. The first-order valence-corrected chi connectivity index (χ1v) is 10.3. The Morgan fingerprint density at radius 3 is 2.38 bits per heavy atom. The molecule has 0 bridgehead atoms. The number of carboxylic acid groups (broad SMARTS) is 1. The summed E-state index contributed by atoms with van der Waals surface area (Å²) in [7, 11) is 0. The van der Waals surface area contributed by atoms with E-state index in [2.05, 4.69) is 41.1 Å². The lowest BCUT2D eigenvalue weighted by molar-refractivity contribution is 0.0697. The van der Waals surface area contributed by atoms with Crippen LogP contribution in [0.4, 0.5) is 5.82 Å². The van der Waals surface area contributed by atoms with Gasteiger partial charge in [0.2, 0.25) is 0 Å². The molecular weight excluding hydrogens is 398 g/mol. The van der Waals surface area contributed by atoms with Crippen molar-refractivity contribution in [3.63, 3.8) is 0 Å². The molecule has 0 radical (unpaired) electrons. The predicted molar refractivity (Wildman–Crippen MR) is 131 cm³/mol. The van der Waals surface area contributed by atoms with Crippen molar-refractivity contribution in [3.8, 4) is 11.1 Å². The van der Waals surface area contributed by atoms with E-state index in [-0.39, 0.29) is 5.56 Å². The van der Waals surface area contributed by atoms with E-state index in [1.54, 1.807) is 24.3 Å². The van der Waals surface area contributed by atoms with Crippen LogP contribution in [0.3, 0.4) is 0 Å². The maximum absolute atomic E-state index is 11.1. The van der Waals surface area contributed by atoms with E-state index in [9.17, 15) is 4.79 Å². The van der Waals surface area contributed by atoms with Crippen molar-refractivity contribution in [3.05, 3.63) is 102 Å². The molecule has 2 N–H and O–H groups in total. The molecule has 0 aliphatic rings. The lowest BCUT2D eigenvalue weighted by atomic mass is 10.0. The summed E-state index contributed by atoms with van der Waals surface area (Å²) in [5.74, 6) is 0.430. The first-order chi connectivity index (χ1) is 15.6. The summed E-state index contributed by atoms with van der Waals surface area (Å²) in [5, 5.41) is 13.4. The van der Waals surface area contributed by atoms with Crippen LogP contribution in [0.1, 0.15) is 34.2 Å². The average molecular weight is 422 g/mol. The number of anilines is 1. The quantitative estimate of drug-likeness (QED) is 0.367. The molecule has 32 heavy (non-hydrogen) atoms. The van der Waals surface area contributed by atoms with Crippen LogP contribution < -0.4 is 5.32 Å². The molecule has 0 amide bonds. The number of aromatic nitrogens is 2. The van der Waals surface area contributed by atoms with E-state index in [1.165, 1.54) is 0 Å². The third-order valence-electron chi connectivity index (χ3n) is 5.17. The van der Waals surface area contributed by atoms with Gasteiger partial charge in [-0.1, -0.05) is 61.2 Å². The molecule has 0 atom stereocenters. The van der Waals surface area contributed by atoms with Gasteiger partial charge in [-0.2, -0.15) is 0 Å². The minimum atomic E-state index is -0.933. The molecule has 5 heteroatoms. The Morgan fingerprint density at radius 1 is 1.00 bits per heavy atom. The maximum atomic E-state index is 11.1. The molecule has 0 unspecified atom stereocenters. The van der Waals surface area contributed by atoms with Crippen molar-refractivity contribution in [2.24, 2.45) is 0 Å². The van der Waals surface area contributed by atoms with Crippen molar-refractivity contribution >= 4 is 34.8 Å². The Labute approximate surface area is 186 Å². The predicted octanol–water partition coefficient (Wildman–Crippen LogP) is 6.28. The number of rotatable bonds is 7. The summed E-state index contributed by atoms with van der Waals surface area (Å²) in [5.41, 5.74) is 5.35. The first kappa shape index (κ1) is 21.0. The summed E-state index contributed by atoms with van der Waals surface area (Å²) in [6, 6.07) is 21.2. The molecule has 1 heterocycles. The second kappa shape index (κ2) is 9.27. The molecule has 4 aromatic rings. The van der Waals surface area contributed by atoms with Gasteiger partial charge < -0.3 is 10.4 Å². The largest absolute Gasteiger partial charge is 0.478 e. The summed E-state index contributed by atoms with van der Waals surface area (Å²) in [4.78, 5) is 20.4. The summed E-state index contributed by atoms with van der Waals surface area (Å²) >= 11 is 0. The van der Waals surface area contributed by atoms with Gasteiger partial charge in [0, 0.05) is 11.9 Å². The minimum absolute atomic E-state index is 0.269. The molecule has 1 aromatic heterocycles. The van der Waals surface area contributed by atoms with Crippen molar-refractivity contribution in [2.75, 3.05) is 5.32 Å². The number of nitrogens with zero attached hydrogens (tertiary/aromatic N) is 2. The van der Waals surface area contributed by atoms with Crippen LogP contribution in [0.15, 0.2) is 79.4 Å². The van der Waals surface area contributed by atoms with Gasteiger partial charge in [-0.05, 0) is 59.5 Å². The number of hydrogen-bond donors (Lipinski definition) is 2. The molecule has 3 aromatic carbocycles. The smallest absolute Gasteiger partial charge is 0.335 e. The number of benzene rings is 3. The Kier molecular flexibility index (Phi) is 6.08. The molecule has 0 spiro atoms. The highest BCUT2D eigenvalue weighted by molar-refractivity contribution is 5.93. The van der Waals surface area contributed by atoms with Gasteiger partial charge in [-0.3, -0.25) is 0 Å². The first-order valence-electron chi connectivity index (χ1n) is 10.3. The van der Waals surface area contributed by atoms with Gasteiger partial charge in [0.15, 0.2) is 5.82 Å². The number of nitrogens with one attached hydrogen (secondary N) is 1. The van der Waals surface area contributed by atoms with E-state index in [0.717, 1.165) is 39.0 Å². The fourth-order valence-corrected chi connectivity index (χ4v) is 3.45. The van der Waals surface area contributed by atoms with Crippen LogP contribution >= 0.6 is 0 Å². The zero-order valence-corrected chi connectivity index (χ0v) is 17.7. The monoisotopic (exact) mass is 421 g/mol. The normalized spacial score (nSPS) is 11.0. The van der Waals surface area contributed by atoms with E-state index >= 15 is 0 Å². The van der Waals surface area contributed by atoms with Gasteiger partial charge in [0.05, 0.1) is 11.1 Å². The average Bonchev–Trinajstić information content (AvgIpc) is 2.82. The molecule has 0 saturated carbocycles. The highest BCUT2D eigenvalue weighted by Gasteiger charge is 2.09. The highest BCUT2D eigenvalue weighted by atomic mass is 16.4. The van der Waals surface area contributed by atoms with Gasteiger partial charge >= 0.3 is 5.97 Å². The van der Waals surface area contributed by atoms with Gasteiger partial charge in [0.25, 0.3) is 0 Å². The zero-order chi connectivity index (χ0) is 22.5. The number of allylic oxidation sites excluding steroid dienone is 1. The summed E-state index contributed by atoms with van der Waals surface area (Å²) in [6.45, 7) is 6.26. The number of hydrogen-bond acceptors (Lipinski definition) is 4. The van der Waals surface area contributed by atoms with E-state index in [0.29, 0.717) is 12.4 Å². The van der Waals surface area contributed by atoms with Crippen LogP contribution in [0.25, 0.3) is 34.2 Å². The molecule has 0 saturated heterocycles. The number of fused-ring (bicyclic) bond motifs is 1. The fraction of sp³-hybridized carbons (Fsp3) is 0.0741. The van der Waals surface area contributed by atoms with Crippen molar-refractivity contribution in [1.82, 2.24) is 9.97 Å². The Hall–Kier alpha value is -4.25. The van der Waals surface area contributed by atoms with Crippen LogP contribution in [0.5, 0.6) is 0 Å². The third kappa shape index (κ3) is 4.57. The molecule has 158 valence electrons. The van der Waals surface area contributed by atoms with E-state index < -0.39 is 5.97 Å². The molecule has 0 aliphatic carbocycles.